The number of ether oxygens (including phenoxy) is 1. The van der Waals surface area contributed by atoms with E-state index < -0.39 is 41.9 Å². The molecule has 0 spiro atoms. The van der Waals surface area contributed by atoms with Crippen molar-refractivity contribution < 1.29 is 33.3 Å². The fraction of sp³-hybridized carbons (Fsp3) is 0.375. The van der Waals surface area contributed by atoms with Crippen LogP contribution in [0.4, 0.5) is 19.3 Å². The molecule has 1 saturated heterocycles. The number of aliphatic hydroxyl groups is 2. The Morgan fingerprint density at radius 1 is 1.09 bits per heavy atom. The third kappa shape index (κ3) is 8.99. The van der Waals surface area contributed by atoms with Crippen molar-refractivity contribution in [3.05, 3.63) is 95.6 Å². The summed E-state index contributed by atoms with van der Waals surface area (Å²) in [5, 5.41) is 23.8. The molecule has 0 saturated carbocycles. The lowest BCUT2D eigenvalue weighted by molar-refractivity contribution is -0.129. The number of rotatable bonds is 14. The average molecular weight is 614 g/mol. The van der Waals surface area contributed by atoms with Crippen molar-refractivity contribution in [2.75, 3.05) is 24.5 Å². The Kier molecular flexibility index (Phi) is 11.5. The van der Waals surface area contributed by atoms with Gasteiger partial charge in [0.15, 0.2) is 6.10 Å². The maximum absolute atomic E-state index is 14.4. The quantitative estimate of drug-likeness (QED) is 0.222. The molecule has 4 atom stereocenters. The van der Waals surface area contributed by atoms with Crippen LogP contribution >= 0.6 is 11.9 Å². The van der Waals surface area contributed by atoms with Crippen LogP contribution < -0.4 is 10.2 Å². The van der Waals surface area contributed by atoms with Crippen molar-refractivity contribution >= 4 is 29.6 Å². The van der Waals surface area contributed by atoms with Gasteiger partial charge in [0.25, 0.3) is 5.91 Å². The third-order valence-corrected chi connectivity index (χ3v) is 8.38. The Morgan fingerprint density at radius 2 is 1.81 bits per heavy atom. The van der Waals surface area contributed by atoms with Crippen LogP contribution in [0.1, 0.15) is 31.4 Å². The first-order valence-electron chi connectivity index (χ1n) is 14.2. The number of anilines is 1. The first-order chi connectivity index (χ1) is 20.7. The highest BCUT2D eigenvalue weighted by molar-refractivity contribution is 7.97. The van der Waals surface area contributed by atoms with Crippen LogP contribution in [-0.2, 0) is 22.6 Å². The van der Waals surface area contributed by atoms with E-state index >= 15 is 0 Å². The molecule has 8 nitrogen and oxygen atoms in total. The van der Waals surface area contributed by atoms with Crippen LogP contribution in [-0.4, -0.2) is 64.4 Å². The van der Waals surface area contributed by atoms with Gasteiger partial charge in [0.1, 0.15) is 11.6 Å². The number of hydrogen-bond donors (Lipinski definition) is 3. The van der Waals surface area contributed by atoms with Gasteiger partial charge >= 0.3 is 6.09 Å². The Bertz CT molecular complexity index is 1360. The van der Waals surface area contributed by atoms with Crippen molar-refractivity contribution in [2.45, 2.75) is 56.4 Å². The molecule has 4 rings (SSSR count). The maximum atomic E-state index is 14.4. The topological polar surface area (TPSA) is 102 Å². The Hall–Kier alpha value is -3.51. The highest BCUT2D eigenvalue weighted by Gasteiger charge is 2.39. The van der Waals surface area contributed by atoms with Gasteiger partial charge in [0, 0.05) is 24.1 Å². The molecule has 43 heavy (non-hydrogen) atoms. The zero-order valence-electron chi connectivity index (χ0n) is 24.2. The van der Waals surface area contributed by atoms with Gasteiger partial charge in [0.2, 0.25) is 0 Å². The van der Waals surface area contributed by atoms with E-state index in [1.807, 2.05) is 54.6 Å². The van der Waals surface area contributed by atoms with E-state index in [1.54, 1.807) is 0 Å². The summed E-state index contributed by atoms with van der Waals surface area (Å²) in [5.74, 6) is -2.02. The van der Waals surface area contributed by atoms with Crippen LogP contribution in [0, 0.1) is 17.6 Å². The number of benzene rings is 3. The van der Waals surface area contributed by atoms with Gasteiger partial charge in [-0.15, -0.1) is 0 Å². The predicted octanol–water partition coefficient (Wildman–Crippen LogP) is 4.93. The molecule has 0 aromatic heterocycles. The fourth-order valence-electron chi connectivity index (χ4n) is 4.69. The fourth-order valence-corrected chi connectivity index (χ4v) is 5.80. The summed E-state index contributed by atoms with van der Waals surface area (Å²) in [7, 11) is 0. The number of halogens is 2. The second-order valence-corrected chi connectivity index (χ2v) is 11.9. The molecule has 0 radical (unpaired) electrons. The SMILES string of the molecule is CCC(C)CN(CC(O)C(Cc1ccccc1)NC(=O)C1CN(c2ccc(F)cc2F)C(=O)O1)Sc1ccc(CO)cc1. The smallest absolute Gasteiger partial charge is 0.415 e. The molecule has 3 aromatic rings. The third-order valence-electron chi connectivity index (χ3n) is 7.34. The summed E-state index contributed by atoms with van der Waals surface area (Å²) < 4.78 is 35.1. The number of nitrogens with one attached hydrogen (secondary N) is 1. The Labute approximate surface area is 254 Å². The standard InChI is InChI=1S/C32H37F2N3O5S/c1-3-21(2)17-36(43-25-12-9-23(20-38)10-13-25)18-29(39)27(15-22-7-5-4-6-8-22)35-31(40)30-19-37(32(41)42-30)28-14-11-24(33)16-26(28)34/h4-14,16,21,27,29-30,38-39H,3,15,17-20H2,1-2H3,(H,35,40). The first kappa shape index (κ1) is 32.4. The normalized spacial score (nSPS) is 17.0. The second kappa shape index (κ2) is 15.3. The summed E-state index contributed by atoms with van der Waals surface area (Å²) in [6, 6.07) is 19.0. The molecule has 1 fully saturated rings. The minimum atomic E-state index is -1.25. The van der Waals surface area contributed by atoms with E-state index in [0.29, 0.717) is 24.9 Å². The Morgan fingerprint density at radius 3 is 2.47 bits per heavy atom. The number of aliphatic hydroxyl groups excluding tert-OH is 2. The van der Waals surface area contributed by atoms with Crippen molar-refractivity contribution in [3.8, 4) is 0 Å². The molecule has 1 aliphatic heterocycles. The monoisotopic (exact) mass is 613 g/mol. The molecule has 2 amide bonds. The van der Waals surface area contributed by atoms with Gasteiger partial charge in [-0.1, -0.05) is 62.7 Å². The van der Waals surface area contributed by atoms with Crippen LogP contribution in [0.2, 0.25) is 0 Å². The molecule has 11 heteroatoms. The number of carbonyl (C=O) groups excluding carboxylic acids is 2. The largest absolute Gasteiger partial charge is 0.434 e. The van der Waals surface area contributed by atoms with Crippen LogP contribution in [0.15, 0.2) is 77.7 Å². The van der Waals surface area contributed by atoms with E-state index in [-0.39, 0.29) is 25.4 Å². The zero-order chi connectivity index (χ0) is 30.9. The van der Waals surface area contributed by atoms with Gasteiger partial charge < -0.3 is 20.3 Å². The van der Waals surface area contributed by atoms with E-state index in [4.69, 9.17) is 4.74 Å². The number of amides is 2. The highest BCUT2D eigenvalue weighted by atomic mass is 32.2. The number of carbonyl (C=O) groups is 2. The van der Waals surface area contributed by atoms with Crippen molar-refractivity contribution in [2.24, 2.45) is 5.92 Å². The molecule has 3 N–H and O–H groups in total. The van der Waals surface area contributed by atoms with Gasteiger partial charge in [-0.3, -0.25) is 9.69 Å². The van der Waals surface area contributed by atoms with Crippen LogP contribution in [0.3, 0.4) is 0 Å². The molecular formula is C32H37F2N3O5S. The molecule has 0 bridgehead atoms. The van der Waals surface area contributed by atoms with Gasteiger partial charge in [-0.2, -0.15) is 0 Å². The average Bonchev–Trinajstić information content (AvgIpc) is 3.38. The summed E-state index contributed by atoms with van der Waals surface area (Å²) in [6.45, 7) is 4.83. The molecule has 1 heterocycles. The second-order valence-electron chi connectivity index (χ2n) is 10.7. The Balaban J connectivity index is 1.49. The van der Waals surface area contributed by atoms with Crippen molar-refractivity contribution in [1.29, 1.82) is 0 Å². The first-order valence-corrected chi connectivity index (χ1v) is 15.0. The van der Waals surface area contributed by atoms with Gasteiger partial charge in [-0.25, -0.2) is 17.9 Å². The minimum Gasteiger partial charge on any atom is -0.434 e. The molecular weight excluding hydrogens is 576 g/mol. The predicted molar refractivity (Wildman–Crippen MR) is 161 cm³/mol. The summed E-state index contributed by atoms with van der Waals surface area (Å²) in [5.41, 5.74) is 1.51. The maximum Gasteiger partial charge on any atom is 0.415 e. The number of cyclic esters (lactones) is 1. The number of nitrogens with zero attached hydrogens (tertiary/aromatic N) is 2. The lowest BCUT2D eigenvalue weighted by atomic mass is 10.0. The van der Waals surface area contributed by atoms with E-state index in [2.05, 4.69) is 23.5 Å². The van der Waals surface area contributed by atoms with E-state index in [1.165, 1.54) is 11.9 Å². The minimum absolute atomic E-state index is 0.0476. The van der Waals surface area contributed by atoms with Crippen molar-refractivity contribution in [3.63, 3.8) is 0 Å². The van der Waals surface area contributed by atoms with E-state index in [9.17, 15) is 28.6 Å². The molecule has 3 aromatic carbocycles. The summed E-state index contributed by atoms with van der Waals surface area (Å²) in [6.07, 6.45) is -1.91. The van der Waals surface area contributed by atoms with Crippen LogP contribution in [0.25, 0.3) is 0 Å². The highest BCUT2D eigenvalue weighted by Crippen LogP contribution is 2.27. The van der Waals surface area contributed by atoms with E-state index in [0.717, 1.165) is 39.5 Å². The zero-order valence-corrected chi connectivity index (χ0v) is 25.0. The molecule has 4 unspecified atom stereocenters. The lowest BCUT2D eigenvalue weighted by Crippen LogP contribution is -2.52. The summed E-state index contributed by atoms with van der Waals surface area (Å²) in [4.78, 5) is 27.8. The number of hydrogen-bond acceptors (Lipinski definition) is 7. The lowest BCUT2D eigenvalue weighted by Gasteiger charge is -2.31. The molecule has 230 valence electrons. The molecule has 1 aliphatic rings. The summed E-state index contributed by atoms with van der Waals surface area (Å²) >= 11 is 1.49. The van der Waals surface area contributed by atoms with Gasteiger partial charge in [0.05, 0.1) is 31.0 Å². The van der Waals surface area contributed by atoms with Gasteiger partial charge in [-0.05, 0) is 59.7 Å². The van der Waals surface area contributed by atoms with Crippen LogP contribution in [0.5, 0.6) is 0 Å². The molecule has 0 aliphatic carbocycles. The van der Waals surface area contributed by atoms with Crippen molar-refractivity contribution in [1.82, 2.24) is 9.62 Å².